The zero-order valence-electron chi connectivity index (χ0n) is 33.3. The Balaban J connectivity index is 5.13. The number of nitrogens with two attached hydrogens (primary N) is 2. The van der Waals surface area contributed by atoms with Gasteiger partial charge in [0, 0.05) is 89.1 Å². The van der Waals surface area contributed by atoms with Gasteiger partial charge in [-0.05, 0) is 81.4 Å². The van der Waals surface area contributed by atoms with Gasteiger partial charge in [0.25, 0.3) is 0 Å². The molecular weight excluding hydrogens is 732 g/mol. The van der Waals surface area contributed by atoms with Gasteiger partial charge in [-0.25, -0.2) is 0 Å². The lowest BCUT2D eigenvalue weighted by atomic mass is 10.1. The van der Waals surface area contributed by atoms with Crippen LogP contribution in [0.2, 0.25) is 0 Å². The van der Waals surface area contributed by atoms with Crippen molar-refractivity contribution in [1.29, 1.82) is 0 Å². The van der Waals surface area contributed by atoms with Crippen LogP contribution in [0.4, 0.5) is 0 Å². The molecule has 7 unspecified atom stereocenters. The molecule has 0 aromatic carbocycles. The highest BCUT2D eigenvalue weighted by atomic mass is 31.1. The Morgan fingerprint density at radius 2 is 0.765 bits per heavy atom. The van der Waals surface area contributed by atoms with E-state index in [1.165, 1.54) is 6.16 Å². The van der Waals surface area contributed by atoms with E-state index in [1.807, 2.05) is 0 Å². The molecule has 308 valence electrons. The fourth-order valence-corrected chi connectivity index (χ4v) is 10.3. The summed E-state index contributed by atoms with van der Waals surface area (Å²) in [6, 6.07) is -0.285. The Morgan fingerprint density at radius 3 is 1.12 bits per heavy atom. The lowest BCUT2D eigenvalue weighted by molar-refractivity contribution is -0.102. The van der Waals surface area contributed by atoms with E-state index in [9.17, 15) is 0 Å². The van der Waals surface area contributed by atoms with Crippen molar-refractivity contribution in [3.05, 3.63) is 0 Å². The van der Waals surface area contributed by atoms with Gasteiger partial charge in [-0.1, -0.05) is 0 Å². The topological polar surface area (TPSA) is 144 Å². The van der Waals surface area contributed by atoms with Crippen molar-refractivity contribution in [3.63, 3.8) is 0 Å². The summed E-state index contributed by atoms with van der Waals surface area (Å²) in [5.74, 6) is 0. The first kappa shape index (κ1) is 52.2. The van der Waals surface area contributed by atoms with Crippen molar-refractivity contribution in [2.24, 2.45) is 11.5 Å². The van der Waals surface area contributed by atoms with Crippen molar-refractivity contribution in [1.82, 2.24) is 0 Å². The van der Waals surface area contributed by atoms with Gasteiger partial charge in [0.1, 0.15) is 0 Å². The van der Waals surface area contributed by atoms with Crippen LogP contribution in [0, 0.1) is 0 Å². The fourth-order valence-electron chi connectivity index (χ4n) is 5.48. The van der Waals surface area contributed by atoms with Crippen LogP contribution in [0.3, 0.4) is 0 Å². The van der Waals surface area contributed by atoms with Gasteiger partial charge in [-0.2, -0.15) is 0 Å². The molecule has 0 amide bonds. The molecule has 51 heavy (non-hydrogen) atoms. The summed E-state index contributed by atoms with van der Waals surface area (Å²) in [5.41, 5.74) is 13.1. The van der Waals surface area contributed by atoms with Gasteiger partial charge < -0.3 is 58.8 Å². The smallest absolute Gasteiger partial charge is 0.157 e. The molecule has 16 heteroatoms. The number of methoxy groups -OCH3 is 8. The standard InChI is InChI=1S/C35H78N2O10P4/c1-38-32(39-2)14-22-48-18-9-10-29(13-21-51-25-17-35(44-7)45-8)47-31(26-36)30(37)27-46-28(11-19-49-23-15-33(40-3)41-4)12-20-50-24-16-34(42-5)43-6/h28-35,48-51H,9-27,36-37H2,1-8H3. The molecule has 0 heterocycles. The van der Waals surface area contributed by atoms with E-state index in [0.29, 0.717) is 13.2 Å². The summed E-state index contributed by atoms with van der Waals surface area (Å²) in [6.07, 6.45) is 17.2. The maximum Gasteiger partial charge on any atom is 0.157 e. The first-order valence-corrected chi connectivity index (χ1v) is 24.3. The van der Waals surface area contributed by atoms with Crippen LogP contribution in [0.5, 0.6) is 0 Å². The maximum atomic E-state index is 6.76. The van der Waals surface area contributed by atoms with Crippen LogP contribution in [0.1, 0.15) is 57.8 Å². The van der Waals surface area contributed by atoms with Crippen LogP contribution in [0.15, 0.2) is 0 Å². The van der Waals surface area contributed by atoms with Crippen molar-refractivity contribution >= 4 is 34.3 Å². The number of hydrogen-bond acceptors (Lipinski definition) is 12. The molecule has 0 aromatic heterocycles. The highest BCUT2D eigenvalue weighted by molar-refractivity contribution is 7.38. The number of rotatable bonds is 40. The molecule has 0 aliphatic carbocycles. The zero-order chi connectivity index (χ0) is 38.0. The van der Waals surface area contributed by atoms with Gasteiger partial charge in [-0.15, -0.1) is 34.3 Å². The Labute approximate surface area is 319 Å². The lowest BCUT2D eigenvalue weighted by Gasteiger charge is -2.30. The second kappa shape index (κ2) is 38.1. The van der Waals surface area contributed by atoms with E-state index >= 15 is 0 Å². The van der Waals surface area contributed by atoms with Crippen LogP contribution in [-0.4, -0.2) is 169 Å². The normalized spacial score (nSPS) is 15.6. The van der Waals surface area contributed by atoms with Gasteiger partial charge in [-0.3, -0.25) is 0 Å². The second-order valence-electron chi connectivity index (χ2n) is 12.4. The average Bonchev–Trinajstić information content (AvgIpc) is 3.15. The van der Waals surface area contributed by atoms with E-state index in [-0.39, 0.29) is 49.5 Å². The average molecular weight is 811 g/mol. The minimum absolute atomic E-state index is 0.117. The largest absolute Gasteiger partial charge is 0.376 e. The molecule has 0 spiro atoms. The summed E-state index contributed by atoms with van der Waals surface area (Å²) in [5, 5.41) is 0. The first-order chi connectivity index (χ1) is 24.8. The highest BCUT2D eigenvalue weighted by Gasteiger charge is 2.23. The van der Waals surface area contributed by atoms with E-state index in [1.54, 1.807) is 56.9 Å². The maximum absolute atomic E-state index is 6.76. The van der Waals surface area contributed by atoms with Gasteiger partial charge >= 0.3 is 0 Å². The third-order valence-corrected chi connectivity index (χ3v) is 13.9. The Hall–Kier alpha value is 1.24. The van der Waals surface area contributed by atoms with Crippen LogP contribution >= 0.6 is 34.3 Å². The predicted molar refractivity (Wildman–Crippen MR) is 220 cm³/mol. The molecule has 0 saturated carbocycles. The Morgan fingerprint density at radius 1 is 0.431 bits per heavy atom. The monoisotopic (exact) mass is 810 g/mol. The molecular formula is C35H78N2O10P4. The minimum atomic E-state index is -0.285. The quantitative estimate of drug-likeness (QED) is 0.0482. The van der Waals surface area contributed by atoms with Crippen molar-refractivity contribution in [3.8, 4) is 0 Å². The molecule has 0 rings (SSSR count). The van der Waals surface area contributed by atoms with Crippen molar-refractivity contribution < 1.29 is 47.4 Å². The molecule has 0 aromatic rings. The second-order valence-corrected chi connectivity index (χ2v) is 18.4. The highest BCUT2D eigenvalue weighted by Crippen LogP contribution is 2.25. The van der Waals surface area contributed by atoms with Gasteiger partial charge in [0.2, 0.25) is 0 Å². The SMILES string of the molecule is COC(CCPCCCC(CCPCCC(OC)OC)OC(CN)C(N)COC(CCPCCC(OC)OC)CCPCCC(OC)OC)OC. The summed E-state index contributed by atoms with van der Waals surface area (Å²) in [6.45, 7) is 0.812. The minimum Gasteiger partial charge on any atom is -0.376 e. The van der Waals surface area contributed by atoms with Crippen LogP contribution in [0.25, 0.3) is 0 Å². The van der Waals surface area contributed by atoms with E-state index in [0.717, 1.165) is 135 Å². The molecule has 7 atom stereocenters. The summed E-state index contributed by atoms with van der Waals surface area (Å²) >= 11 is 0. The molecule has 0 saturated heterocycles. The van der Waals surface area contributed by atoms with E-state index in [4.69, 9.17) is 58.8 Å². The Bertz CT molecular complexity index is 693. The molecule has 0 aliphatic heterocycles. The number of ether oxygens (including phenoxy) is 10. The van der Waals surface area contributed by atoms with Gasteiger partial charge in [0.15, 0.2) is 25.2 Å². The molecule has 0 aliphatic rings. The third kappa shape index (κ3) is 29.2. The van der Waals surface area contributed by atoms with Crippen molar-refractivity contribution in [2.45, 2.75) is 107 Å². The summed E-state index contributed by atoms with van der Waals surface area (Å²) < 4.78 is 56.0. The molecule has 0 radical (unpaired) electrons. The predicted octanol–water partition coefficient (Wildman–Crippen LogP) is 5.11. The zero-order valence-corrected chi connectivity index (χ0v) is 37.3. The van der Waals surface area contributed by atoms with E-state index < -0.39 is 0 Å². The van der Waals surface area contributed by atoms with Crippen LogP contribution in [-0.2, 0) is 47.4 Å². The first-order valence-electron chi connectivity index (χ1n) is 18.6. The lowest BCUT2D eigenvalue weighted by Crippen LogP contribution is -2.47. The van der Waals surface area contributed by atoms with Crippen LogP contribution < -0.4 is 11.5 Å². The Kier molecular flexibility index (Phi) is 39.1. The molecule has 4 N–H and O–H groups in total. The summed E-state index contributed by atoms with van der Waals surface area (Å²) in [7, 11) is 16.9. The van der Waals surface area contributed by atoms with E-state index in [2.05, 4.69) is 0 Å². The molecule has 0 fully saturated rings. The van der Waals surface area contributed by atoms with Gasteiger partial charge in [0.05, 0.1) is 31.0 Å². The fraction of sp³-hybridized carbons (Fsp3) is 1.00. The summed E-state index contributed by atoms with van der Waals surface area (Å²) in [4.78, 5) is 0. The van der Waals surface area contributed by atoms with Crippen molar-refractivity contribution in [2.75, 3.05) is 119 Å². The molecule has 0 bridgehead atoms. The molecule has 12 nitrogen and oxygen atoms in total. The number of hydrogen-bond donors (Lipinski definition) is 2. The third-order valence-electron chi connectivity index (χ3n) is 8.74.